The zero-order valence-corrected chi connectivity index (χ0v) is 22.0. The van der Waals surface area contributed by atoms with Crippen molar-refractivity contribution in [2.24, 2.45) is 11.0 Å². The number of rotatable bonds is 9. The molecule has 202 valence electrons. The number of carbonyl (C=O) groups excluding carboxylic acids is 3. The molecule has 9 heteroatoms. The number of carbonyl (C=O) groups is 3. The monoisotopic (exact) mass is 531 g/mol. The highest BCUT2D eigenvalue weighted by Crippen LogP contribution is 2.33. The van der Waals surface area contributed by atoms with E-state index >= 15 is 0 Å². The molecule has 0 saturated carbocycles. The molecule has 0 radical (unpaired) electrons. The minimum atomic E-state index is -1.00. The molecule has 0 aliphatic carbocycles. The van der Waals surface area contributed by atoms with Crippen LogP contribution in [0, 0.1) is 11.7 Å². The second kappa shape index (κ2) is 12.3. The Balaban J connectivity index is 1.47. The molecule has 8 nitrogen and oxygen atoms in total. The summed E-state index contributed by atoms with van der Waals surface area (Å²) in [5, 5.41) is 8.55. The van der Waals surface area contributed by atoms with Gasteiger partial charge in [0.15, 0.2) is 6.61 Å². The van der Waals surface area contributed by atoms with Gasteiger partial charge in [-0.3, -0.25) is 9.59 Å². The normalized spacial score (nSPS) is 15.5. The van der Waals surface area contributed by atoms with E-state index in [9.17, 15) is 18.8 Å². The van der Waals surface area contributed by atoms with Crippen molar-refractivity contribution >= 4 is 23.5 Å². The van der Waals surface area contributed by atoms with Crippen LogP contribution in [0.2, 0.25) is 0 Å². The Morgan fingerprint density at radius 3 is 2.28 bits per heavy atom. The maximum absolute atomic E-state index is 13.3. The lowest BCUT2D eigenvalue weighted by Crippen LogP contribution is -2.46. The SMILES string of the molecule is COc1ccc(C2CC(c3ccccc3)=NN2C(=O)COC(=O)[C@@H](NC(=O)c2ccc(F)cc2)C(C)C)cc1. The number of methoxy groups -OCH3 is 1. The summed E-state index contributed by atoms with van der Waals surface area (Å²) in [4.78, 5) is 38.8. The molecule has 2 atom stereocenters. The van der Waals surface area contributed by atoms with Crippen molar-refractivity contribution in [3.05, 3.63) is 101 Å². The smallest absolute Gasteiger partial charge is 0.329 e. The Morgan fingerprint density at radius 1 is 1.00 bits per heavy atom. The van der Waals surface area contributed by atoms with Crippen molar-refractivity contribution in [3.63, 3.8) is 0 Å². The number of esters is 1. The summed E-state index contributed by atoms with van der Waals surface area (Å²) in [5.74, 6) is -1.90. The molecule has 1 unspecified atom stereocenters. The van der Waals surface area contributed by atoms with Crippen LogP contribution < -0.4 is 10.1 Å². The average molecular weight is 532 g/mol. The Labute approximate surface area is 226 Å². The van der Waals surface area contributed by atoms with Crippen LogP contribution in [-0.2, 0) is 14.3 Å². The van der Waals surface area contributed by atoms with Crippen molar-refractivity contribution < 1.29 is 28.2 Å². The number of hydrazone groups is 1. The molecular formula is C30H30FN3O5. The standard InChI is InChI=1S/C30H30FN3O5/c1-19(2)28(32-29(36)22-9-13-23(31)14-10-22)30(37)39-18-27(35)34-26(21-11-15-24(38-3)16-12-21)17-25(33-34)20-7-5-4-6-8-20/h4-16,19,26,28H,17-18H2,1-3H3,(H,32,36)/t26?,28-/m0/s1. The van der Waals surface area contributed by atoms with Gasteiger partial charge in [-0.15, -0.1) is 0 Å². The third kappa shape index (κ3) is 6.67. The fourth-order valence-electron chi connectivity index (χ4n) is 4.24. The molecule has 0 bridgehead atoms. The lowest BCUT2D eigenvalue weighted by Gasteiger charge is -2.24. The summed E-state index contributed by atoms with van der Waals surface area (Å²) >= 11 is 0. The second-order valence-electron chi connectivity index (χ2n) is 9.45. The van der Waals surface area contributed by atoms with E-state index in [0.29, 0.717) is 12.2 Å². The molecule has 1 N–H and O–H groups in total. The highest BCUT2D eigenvalue weighted by molar-refractivity contribution is 6.03. The number of benzene rings is 3. The molecule has 1 aliphatic rings. The first-order valence-electron chi connectivity index (χ1n) is 12.6. The van der Waals surface area contributed by atoms with E-state index in [1.54, 1.807) is 21.0 Å². The van der Waals surface area contributed by atoms with Gasteiger partial charge in [0, 0.05) is 12.0 Å². The topological polar surface area (TPSA) is 97.3 Å². The van der Waals surface area contributed by atoms with E-state index in [4.69, 9.17) is 9.47 Å². The van der Waals surface area contributed by atoms with Crippen LogP contribution in [-0.4, -0.2) is 48.3 Å². The van der Waals surface area contributed by atoms with E-state index in [1.807, 2.05) is 54.6 Å². The summed E-state index contributed by atoms with van der Waals surface area (Å²) in [6.45, 7) is 2.94. The van der Waals surface area contributed by atoms with Crippen molar-refractivity contribution in [2.45, 2.75) is 32.4 Å². The molecule has 3 aromatic rings. The van der Waals surface area contributed by atoms with Crippen LogP contribution in [0.4, 0.5) is 4.39 Å². The van der Waals surface area contributed by atoms with Gasteiger partial charge in [-0.05, 0) is 53.4 Å². The summed E-state index contributed by atoms with van der Waals surface area (Å²) in [7, 11) is 1.58. The first-order valence-corrected chi connectivity index (χ1v) is 12.6. The summed E-state index contributed by atoms with van der Waals surface area (Å²) in [6, 6.07) is 20.5. The molecule has 0 aromatic heterocycles. The van der Waals surface area contributed by atoms with Gasteiger partial charge in [0.1, 0.15) is 17.6 Å². The lowest BCUT2D eigenvalue weighted by molar-refractivity contribution is -0.155. The van der Waals surface area contributed by atoms with Gasteiger partial charge in [0.2, 0.25) is 0 Å². The molecule has 39 heavy (non-hydrogen) atoms. The fourth-order valence-corrected chi connectivity index (χ4v) is 4.24. The minimum Gasteiger partial charge on any atom is -0.497 e. The number of amides is 2. The van der Waals surface area contributed by atoms with Crippen molar-refractivity contribution in [2.75, 3.05) is 13.7 Å². The molecule has 2 amide bonds. The lowest BCUT2D eigenvalue weighted by atomic mass is 9.98. The maximum atomic E-state index is 13.3. The fraction of sp³-hybridized carbons (Fsp3) is 0.267. The highest BCUT2D eigenvalue weighted by atomic mass is 19.1. The Bertz CT molecular complexity index is 1340. The molecule has 4 rings (SSSR count). The van der Waals surface area contributed by atoms with Gasteiger partial charge in [-0.2, -0.15) is 5.10 Å². The number of nitrogens with one attached hydrogen (secondary N) is 1. The predicted octanol–water partition coefficient (Wildman–Crippen LogP) is 4.51. The van der Waals surface area contributed by atoms with Gasteiger partial charge in [0.25, 0.3) is 11.8 Å². The zero-order valence-electron chi connectivity index (χ0n) is 22.0. The third-order valence-corrected chi connectivity index (χ3v) is 6.42. The number of halogens is 1. The first kappa shape index (κ1) is 27.5. The van der Waals surface area contributed by atoms with Crippen molar-refractivity contribution in [1.82, 2.24) is 10.3 Å². The van der Waals surface area contributed by atoms with Gasteiger partial charge in [0.05, 0.1) is 18.9 Å². The predicted molar refractivity (Wildman–Crippen MR) is 144 cm³/mol. The number of ether oxygens (including phenoxy) is 2. The Kier molecular flexibility index (Phi) is 8.70. The van der Waals surface area contributed by atoms with E-state index < -0.39 is 42.3 Å². The van der Waals surface area contributed by atoms with Gasteiger partial charge in [-0.1, -0.05) is 56.3 Å². The summed E-state index contributed by atoms with van der Waals surface area (Å²) in [5.41, 5.74) is 2.69. The van der Waals surface area contributed by atoms with Crippen molar-refractivity contribution in [1.29, 1.82) is 0 Å². The van der Waals surface area contributed by atoms with Crippen LogP contribution in [0.3, 0.4) is 0 Å². The number of hydrogen-bond donors (Lipinski definition) is 1. The highest BCUT2D eigenvalue weighted by Gasteiger charge is 2.34. The number of hydrogen-bond acceptors (Lipinski definition) is 6. The van der Waals surface area contributed by atoms with Crippen LogP contribution in [0.15, 0.2) is 84.0 Å². The maximum Gasteiger partial charge on any atom is 0.329 e. The van der Waals surface area contributed by atoms with E-state index in [1.165, 1.54) is 17.1 Å². The summed E-state index contributed by atoms with van der Waals surface area (Å²) < 4.78 is 23.8. The van der Waals surface area contributed by atoms with Crippen LogP contribution >= 0.6 is 0 Å². The van der Waals surface area contributed by atoms with Gasteiger partial charge >= 0.3 is 5.97 Å². The Morgan fingerprint density at radius 2 is 1.67 bits per heavy atom. The zero-order chi connectivity index (χ0) is 27.9. The van der Waals surface area contributed by atoms with E-state index in [2.05, 4.69) is 10.4 Å². The number of nitrogens with zero attached hydrogens (tertiary/aromatic N) is 2. The molecule has 0 saturated heterocycles. The van der Waals surface area contributed by atoms with Crippen molar-refractivity contribution in [3.8, 4) is 5.75 Å². The molecule has 1 heterocycles. The molecule has 1 aliphatic heterocycles. The van der Waals surface area contributed by atoms with Crippen LogP contribution in [0.25, 0.3) is 0 Å². The third-order valence-electron chi connectivity index (χ3n) is 6.42. The van der Waals surface area contributed by atoms with E-state index in [0.717, 1.165) is 29.0 Å². The minimum absolute atomic E-state index is 0.202. The average Bonchev–Trinajstić information content (AvgIpc) is 3.41. The second-order valence-corrected chi connectivity index (χ2v) is 9.45. The quantitative estimate of drug-likeness (QED) is 0.410. The van der Waals surface area contributed by atoms with Gasteiger partial charge in [-0.25, -0.2) is 14.2 Å². The Hall–Kier alpha value is -4.53. The first-order chi connectivity index (χ1) is 18.8. The van der Waals surface area contributed by atoms with Gasteiger partial charge < -0.3 is 14.8 Å². The largest absolute Gasteiger partial charge is 0.497 e. The van der Waals surface area contributed by atoms with Crippen LogP contribution in [0.1, 0.15) is 47.8 Å². The van der Waals surface area contributed by atoms with E-state index in [-0.39, 0.29) is 11.5 Å². The molecule has 0 spiro atoms. The summed E-state index contributed by atoms with van der Waals surface area (Å²) in [6.07, 6.45) is 0.484. The van der Waals surface area contributed by atoms with Crippen LogP contribution in [0.5, 0.6) is 5.75 Å². The molecule has 0 fully saturated rings. The molecule has 3 aromatic carbocycles. The molecular weight excluding hydrogens is 501 g/mol.